The van der Waals surface area contributed by atoms with Gasteiger partial charge in [-0.1, -0.05) is 13.3 Å². The Morgan fingerprint density at radius 2 is 1.90 bits per heavy atom. The first-order valence-corrected chi connectivity index (χ1v) is 9.89. The first-order valence-electron chi connectivity index (χ1n) is 9.89. The summed E-state index contributed by atoms with van der Waals surface area (Å²) in [4.78, 5) is 17.3. The van der Waals surface area contributed by atoms with Crippen LogP contribution >= 0.6 is 37.2 Å². The SMILES string of the molecule is CCN1CCN(c2ccc(F)cc2C(C)NC(=O)[C@@H]2CCCCN2)CC1.Cl.Cl.Cl. The number of piperidine rings is 1. The molecule has 1 amide bonds. The Labute approximate surface area is 192 Å². The van der Waals surface area contributed by atoms with E-state index in [9.17, 15) is 9.18 Å². The molecule has 2 aliphatic rings. The molecular formula is C20H34Cl3FN4O. The summed E-state index contributed by atoms with van der Waals surface area (Å²) < 4.78 is 13.9. The first kappa shape index (κ1) is 28.2. The van der Waals surface area contributed by atoms with Gasteiger partial charge in [-0.25, -0.2) is 4.39 Å². The Morgan fingerprint density at radius 3 is 2.48 bits per heavy atom. The van der Waals surface area contributed by atoms with E-state index in [1.54, 1.807) is 6.07 Å². The van der Waals surface area contributed by atoms with Crippen LogP contribution in [0, 0.1) is 5.82 Å². The molecule has 0 aliphatic carbocycles. The topological polar surface area (TPSA) is 47.6 Å². The lowest BCUT2D eigenvalue weighted by atomic mass is 10.0. The van der Waals surface area contributed by atoms with Crippen LogP contribution in [0.5, 0.6) is 0 Å². The van der Waals surface area contributed by atoms with E-state index in [0.29, 0.717) is 0 Å². The lowest BCUT2D eigenvalue weighted by molar-refractivity contribution is -0.124. The minimum atomic E-state index is -0.257. The number of nitrogens with zero attached hydrogens (tertiary/aromatic N) is 2. The number of nitrogens with one attached hydrogen (secondary N) is 2. The quantitative estimate of drug-likeness (QED) is 0.689. The molecule has 0 radical (unpaired) electrons. The van der Waals surface area contributed by atoms with Crippen molar-refractivity contribution in [3.63, 3.8) is 0 Å². The number of halogens is 4. The van der Waals surface area contributed by atoms with Crippen molar-refractivity contribution in [1.82, 2.24) is 15.5 Å². The zero-order valence-corrected chi connectivity index (χ0v) is 19.6. The molecule has 2 aliphatic heterocycles. The molecule has 2 fully saturated rings. The molecule has 1 aromatic carbocycles. The first-order chi connectivity index (χ1) is 12.6. The number of benzene rings is 1. The van der Waals surface area contributed by atoms with E-state index in [-0.39, 0.29) is 61.0 Å². The Kier molecular flexibility index (Phi) is 13.1. The van der Waals surface area contributed by atoms with Gasteiger partial charge < -0.3 is 20.4 Å². The number of likely N-dealkylation sites (N-methyl/N-ethyl adjacent to an activating group) is 1. The molecule has 0 spiro atoms. The van der Waals surface area contributed by atoms with Gasteiger partial charge in [-0.15, -0.1) is 37.2 Å². The summed E-state index contributed by atoms with van der Waals surface area (Å²) in [6.07, 6.45) is 3.07. The van der Waals surface area contributed by atoms with E-state index in [1.165, 1.54) is 6.07 Å². The van der Waals surface area contributed by atoms with Crippen LogP contribution in [0.15, 0.2) is 18.2 Å². The van der Waals surface area contributed by atoms with Gasteiger partial charge in [0.15, 0.2) is 0 Å². The van der Waals surface area contributed by atoms with E-state index >= 15 is 0 Å². The molecule has 0 aromatic heterocycles. The van der Waals surface area contributed by atoms with Gasteiger partial charge in [-0.05, 0) is 51.1 Å². The number of amides is 1. The van der Waals surface area contributed by atoms with Gasteiger partial charge in [0.1, 0.15) is 5.82 Å². The van der Waals surface area contributed by atoms with Gasteiger partial charge in [0, 0.05) is 37.4 Å². The van der Waals surface area contributed by atoms with Gasteiger partial charge in [0.05, 0.1) is 12.1 Å². The third kappa shape index (κ3) is 7.44. The number of hydrogen-bond acceptors (Lipinski definition) is 4. The molecule has 1 unspecified atom stereocenters. The molecule has 29 heavy (non-hydrogen) atoms. The highest BCUT2D eigenvalue weighted by Crippen LogP contribution is 2.28. The van der Waals surface area contributed by atoms with Crippen molar-refractivity contribution < 1.29 is 9.18 Å². The summed E-state index contributed by atoms with van der Waals surface area (Å²) >= 11 is 0. The van der Waals surface area contributed by atoms with Crippen LogP contribution < -0.4 is 15.5 Å². The van der Waals surface area contributed by atoms with Gasteiger partial charge in [-0.2, -0.15) is 0 Å². The molecule has 3 rings (SSSR count). The summed E-state index contributed by atoms with van der Waals surface area (Å²) in [5.74, 6) is -0.240. The average Bonchev–Trinajstić information content (AvgIpc) is 2.68. The van der Waals surface area contributed by atoms with Crippen molar-refractivity contribution in [1.29, 1.82) is 0 Å². The van der Waals surface area contributed by atoms with Crippen molar-refractivity contribution >= 4 is 48.8 Å². The smallest absolute Gasteiger partial charge is 0.237 e. The number of hydrogen-bond donors (Lipinski definition) is 2. The van der Waals surface area contributed by atoms with Gasteiger partial charge in [-0.3, -0.25) is 4.79 Å². The predicted molar refractivity (Wildman–Crippen MR) is 125 cm³/mol. The molecule has 0 bridgehead atoms. The van der Waals surface area contributed by atoms with Crippen molar-refractivity contribution in [2.75, 3.05) is 44.2 Å². The zero-order chi connectivity index (χ0) is 18.5. The zero-order valence-electron chi connectivity index (χ0n) is 17.2. The summed E-state index contributed by atoms with van der Waals surface area (Å²) in [5.41, 5.74) is 1.89. The lowest BCUT2D eigenvalue weighted by Crippen LogP contribution is -2.48. The number of rotatable bonds is 5. The maximum atomic E-state index is 13.9. The van der Waals surface area contributed by atoms with Gasteiger partial charge in [0.25, 0.3) is 0 Å². The van der Waals surface area contributed by atoms with E-state index < -0.39 is 0 Å². The third-order valence-corrected chi connectivity index (χ3v) is 5.60. The summed E-state index contributed by atoms with van der Waals surface area (Å²) in [6, 6.07) is 4.59. The highest BCUT2D eigenvalue weighted by molar-refractivity contribution is 5.86. The number of piperazine rings is 1. The van der Waals surface area contributed by atoms with Crippen molar-refractivity contribution in [2.24, 2.45) is 0 Å². The van der Waals surface area contributed by atoms with Crippen LogP contribution in [0.2, 0.25) is 0 Å². The lowest BCUT2D eigenvalue weighted by Gasteiger charge is -2.37. The second-order valence-electron chi connectivity index (χ2n) is 7.36. The standard InChI is InChI=1S/C20H31FN4O.3ClH/c1-3-24-10-12-25(13-11-24)19-8-7-16(21)14-17(19)15(2)23-20(26)18-6-4-5-9-22-18;;;/h7-8,14-15,18,22H,3-6,9-13H2,1-2H3,(H,23,26);3*1H/t15?,18-;;;/m0.../s1. The fourth-order valence-corrected chi connectivity index (χ4v) is 3.93. The summed E-state index contributed by atoms with van der Waals surface area (Å²) in [5, 5.41) is 6.36. The molecule has 5 nitrogen and oxygen atoms in total. The number of anilines is 1. The van der Waals surface area contributed by atoms with Gasteiger partial charge >= 0.3 is 0 Å². The fraction of sp³-hybridized carbons (Fsp3) is 0.650. The third-order valence-electron chi connectivity index (χ3n) is 5.60. The molecule has 2 saturated heterocycles. The van der Waals surface area contributed by atoms with E-state index in [0.717, 1.165) is 69.8 Å². The largest absolute Gasteiger partial charge is 0.369 e. The van der Waals surface area contributed by atoms with Crippen LogP contribution in [0.4, 0.5) is 10.1 Å². The summed E-state index contributed by atoms with van der Waals surface area (Å²) in [6.45, 7) is 9.95. The molecule has 1 aromatic rings. The molecule has 9 heteroatoms. The molecule has 0 saturated carbocycles. The van der Waals surface area contributed by atoms with Crippen LogP contribution in [0.3, 0.4) is 0 Å². The van der Waals surface area contributed by atoms with E-state index in [1.807, 2.05) is 13.0 Å². The Bertz CT molecular complexity index is 624. The Morgan fingerprint density at radius 1 is 1.21 bits per heavy atom. The normalized spacial score (nSPS) is 20.5. The molecule has 2 heterocycles. The monoisotopic (exact) mass is 470 g/mol. The maximum Gasteiger partial charge on any atom is 0.237 e. The van der Waals surface area contributed by atoms with Crippen molar-refractivity contribution in [3.05, 3.63) is 29.6 Å². The van der Waals surface area contributed by atoms with Crippen LogP contribution in [0.25, 0.3) is 0 Å². The second kappa shape index (κ2) is 13.5. The number of carbonyl (C=O) groups is 1. The van der Waals surface area contributed by atoms with Crippen LogP contribution in [-0.4, -0.2) is 56.1 Å². The molecule has 2 atom stereocenters. The average molecular weight is 472 g/mol. The van der Waals surface area contributed by atoms with Crippen molar-refractivity contribution in [2.45, 2.75) is 45.2 Å². The van der Waals surface area contributed by atoms with Crippen molar-refractivity contribution in [3.8, 4) is 0 Å². The highest BCUT2D eigenvalue weighted by Gasteiger charge is 2.25. The van der Waals surface area contributed by atoms with Gasteiger partial charge in [0.2, 0.25) is 5.91 Å². The maximum absolute atomic E-state index is 13.9. The minimum Gasteiger partial charge on any atom is -0.369 e. The number of carbonyl (C=O) groups excluding carboxylic acids is 1. The summed E-state index contributed by atoms with van der Waals surface area (Å²) in [7, 11) is 0. The minimum absolute atomic E-state index is 0. The van der Waals surface area contributed by atoms with Crippen LogP contribution in [-0.2, 0) is 4.79 Å². The fourth-order valence-electron chi connectivity index (χ4n) is 3.93. The Hall–Kier alpha value is -0.790. The Balaban J connectivity index is 0.00000261. The molecule has 2 N–H and O–H groups in total. The second-order valence-corrected chi connectivity index (χ2v) is 7.36. The van der Waals surface area contributed by atoms with E-state index in [2.05, 4.69) is 27.4 Å². The predicted octanol–water partition coefficient (Wildman–Crippen LogP) is 3.55. The molecular weight excluding hydrogens is 438 g/mol. The van der Waals surface area contributed by atoms with Crippen LogP contribution in [0.1, 0.15) is 44.7 Å². The highest BCUT2D eigenvalue weighted by atomic mass is 35.5. The van der Waals surface area contributed by atoms with E-state index in [4.69, 9.17) is 0 Å². The molecule has 168 valence electrons.